The Morgan fingerprint density at radius 2 is 2.18 bits per heavy atom. The maximum atomic E-state index is 12.2. The molecule has 2 aliphatic heterocycles. The van der Waals surface area contributed by atoms with Gasteiger partial charge < -0.3 is 10.6 Å². The number of carbonyl (C=O) groups excluding carboxylic acids is 1. The highest BCUT2D eigenvalue weighted by Gasteiger charge is 2.30. The van der Waals surface area contributed by atoms with Gasteiger partial charge in [0.25, 0.3) is 0 Å². The van der Waals surface area contributed by atoms with Gasteiger partial charge in [0.1, 0.15) is 0 Å². The van der Waals surface area contributed by atoms with E-state index in [9.17, 15) is 4.79 Å². The molecule has 0 bridgehead atoms. The van der Waals surface area contributed by atoms with E-state index in [2.05, 4.69) is 52.8 Å². The van der Waals surface area contributed by atoms with Crippen molar-refractivity contribution in [3.05, 3.63) is 35.9 Å². The first-order chi connectivity index (χ1) is 10.7. The van der Waals surface area contributed by atoms with Gasteiger partial charge in [0.15, 0.2) is 0 Å². The molecule has 4 nitrogen and oxygen atoms in total. The van der Waals surface area contributed by atoms with Crippen molar-refractivity contribution in [3.63, 3.8) is 0 Å². The minimum atomic E-state index is 0.0317. The zero-order chi connectivity index (χ0) is 15.4. The van der Waals surface area contributed by atoms with Crippen LogP contribution < -0.4 is 10.6 Å². The highest BCUT2D eigenvalue weighted by Crippen LogP contribution is 2.22. The van der Waals surface area contributed by atoms with E-state index in [0.717, 1.165) is 39.0 Å². The molecule has 4 heteroatoms. The van der Waals surface area contributed by atoms with Crippen molar-refractivity contribution in [2.45, 2.75) is 44.8 Å². The standard InChI is InChI=1S/C18H27N3O/c1-14(20-18(22)17-8-5-10-19-17)16-9-11-21(13-16)12-15-6-3-2-4-7-15/h2-4,6-7,14,16-17,19H,5,8-13H2,1H3,(H,20,22)/t14?,16?,17-/m0/s1. The van der Waals surface area contributed by atoms with E-state index >= 15 is 0 Å². The molecule has 22 heavy (non-hydrogen) atoms. The van der Waals surface area contributed by atoms with Gasteiger partial charge in [-0.2, -0.15) is 0 Å². The number of nitrogens with zero attached hydrogens (tertiary/aromatic N) is 1. The molecule has 1 aromatic rings. The van der Waals surface area contributed by atoms with E-state index in [0.29, 0.717) is 5.92 Å². The maximum absolute atomic E-state index is 12.2. The number of nitrogens with one attached hydrogen (secondary N) is 2. The Morgan fingerprint density at radius 1 is 1.36 bits per heavy atom. The zero-order valence-electron chi connectivity index (χ0n) is 13.4. The van der Waals surface area contributed by atoms with Gasteiger partial charge in [0.2, 0.25) is 5.91 Å². The van der Waals surface area contributed by atoms with Gasteiger partial charge in [-0.25, -0.2) is 0 Å². The Labute approximate surface area is 133 Å². The molecular weight excluding hydrogens is 274 g/mol. The number of carbonyl (C=O) groups is 1. The molecule has 2 heterocycles. The summed E-state index contributed by atoms with van der Waals surface area (Å²) in [4.78, 5) is 14.7. The van der Waals surface area contributed by atoms with Crippen molar-refractivity contribution in [3.8, 4) is 0 Å². The maximum Gasteiger partial charge on any atom is 0.237 e. The number of amides is 1. The summed E-state index contributed by atoms with van der Waals surface area (Å²) in [6.45, 7) is 6.35. The molecule has 2 aliphatic rings. The minimum absolute atomic E-state index is 0.0317. The molecule has 0 saturated carbocycles. The molecule has 0 aliphatic carbocycles. The second-order valence-corrected chi connectivity index (χ2v) is 6.72. The van der Waals surface area contributed by atoms with Crippen LogP contribution in [0.3, 0.4) is 0 Å². The molecule has 120 valence electrons. The first-order valence-corrected chi connectivity index (χ1v) is 8.52. The van der Waals surface area contributed by atoms with Gasteiger partial charge >= 0.3 is 0 Å². The SMILES string of the molecule is CC(NC(=O)[C@@H]1CCCN1)C1CCN(Cc2ccccc2)C1. The van der Waals surface area contributed by atoms with E-state index < -0.39 is 0 Å². The predicted octanol–water partition coefficient (Wildman–Crippen LogP) is 1.77. The summed E-state index contributed by atoms with van der Waals surface area (Å²) in [5.41, 5.74) is 1.37. The van der Waals surface area contributed by atoms with E-state index in [4.69, 9.17) is 0 Å². The van der Waals surface area contributed by atoms with Crippen LogP contribution in [0.2, 0.25) is 0 Å². The second-order valence-electron chi connectivity index (χ2n) is 6.72. The lowest BCUT2D eigenvalue weighted by atomic mass is 10.00. The van der Waals surface area contributed by atoms with Gasteiger partial charge in [-0.3, -0.25) is 9.69 Å². The molecule has 1 amide bonds. The molecular formula is C18H27N3O. The van der Waals surface area contributed by atoms with Crippen molar-refractivity contribution in [1.82, 2.24) is 15.5 Å². The van der Waals surface area contributed by atoms with E-state index in [1.54, 1.807) is 0 Å². The van der Waals surface area contributed by atoms with Gasteiger partial charge in [-0.1, -0.05) is 30.3 Å². The Kier molecular flexibility index (Phi) is 5.11. The van der Waals surface area contributed by atoms with Crippen LogP contribution in [0.25, 0.3) is 0 Å². The molecule has 3 atom stereocenters. The molecule has 2 fully saturated rings. The van der Waals surface area contributed by atoms with Crippen LogP contribution in [-0.4, -0.2) is 42.5 Å². The third kappa shape index (κ3) is 3.87. The molecule has 1 aromatic carbocycles. The molecule has 2 unspecified atom stereocenters. The summed E-state index contributed by atoms with van der Waals surface area (Å²) in [5.74, 6) is 0.751. The highest BCUT2D eigenvalue weighted by atomic mass is 16.2. The second kappa shape index (κ2) is 7.25. The molecule has 0 aromatic heterocycles. The number of likely N-dealkylation sites (tertiary alicyclic amines) is 1. The van der Waals surface area contributed by atoms with Gasteiger partial charge in [0, 0.05) is 19.1 Å². The van der Waals surface area contributed by atoms with Crippen LogP contribution in [0.15, 0.2) is 30.3 Å². The summed E-state index contributed by atoms with van der Waals surface area (Å²) in [5, 5.41) is 6.49. The van der Waals surface area contributed by atoms with Crippen LogP contribution in [0, 0.1) is 5.92 Å². The third-order valence-electron chi connectivity index (χ3n) is 5.01. The Balaban J connectivity index is 1.46. The van der Waals surface area contributed by atoms with Gasteiger partial charge in [0.05, 0.1) is 6.04 Å². The Morgan fingerprint density at radius 3 is 2.91 bits per heavy atom. The normalized spacial score (nSPS) is 27.0. The number of hydrogen-bond donors (Lipinski definition) is 2. The Hall–Kier alpha value is -1.39. The third-order valence-corrected chi connectivity index (χ3v) is 5.01. The van der Waals surface area contributed by atoms with Gasteiger partial charge in [-0.15, -0.1) is 0 Å². The fraction of sp³-hybridized carbons (Fsp3) is 0.611. The molecule has 0 radical (unpaired) electrons. The van der Waals surface area contributed by atoms with Crippen LogP contribution in [0.1, 0.15) is 31.7 Å². The van der Waals surface area contributed by atoms with E-state index in [1.165, 1.54) is 12.0 Å². The fourth-order valence-electron chi connectivity index (χ4n) is 3.61. The van der Waals surface area contributed by atoms with Crippen LogP contribution >= 0.6 is 0 Å². The minimum Gasteiger partial charge on any atom is -0.352 e. The topological polar surface area (TPSA) is 44.4 Å². The summed E-state index contributed by atoms with van der Waals surface area (Å²) in [6, 6.07) is 10.9. The molecule has 2 saturated heterocycles. The average Bonchev–Trinajstić information content (AvgIpc) is 3.19. The lowest BCUT2D eigenvalue weighted by Gasteiger charge is -2.23. The van der Waals surface area contributed by atoms with Crippen molar-refractivity contribution in [2.24, 2.45) is 5.92 Å². The van der Waals surface area contributed by atoms with Crippen molar-refractivity contribution >= 4 is 5.91 Å². The lowest BCUT2D eigenvalue weighted by molar-refractivity contribution is -0.123. The van der Waals surface area contributed by atoms with Gasteiger partial charge in [-0.05, 0) is 50.8 Å². The summed E-state index contributed by atoms with van der Waals surface area (Å²) in [6.07, 6.45) is 3.26. The number of rotatable bonds is 5. The highest BCUT2D eigenvalue weighted by molar-refractivity contribution is 5.82. The van der Waals surface area contributed by atoms with Crippen LogP contribution in [-0.2, 0) is 11.3 Å². The monoisotopic (exact) mass is 301 g/mol. The molecule has 2 N–H and O–H groups in total. The van der Waals surface area contributed by atoms with Crippen molar-refractivity contribution in [2.75, 3.05) is 19.6 Å². The smallest absolute Gasteiger partial charge is 0.237 e. The van der Waals surface area contributed by atoms with Crippen LogP contribution in [0.4, 0.5) is 0 Å². The molecule has 3 rings (SSSR count). The number of benzene rings is 1. The molecule has 0 spiro atoms. The summed E-state index contributed by atoms with van der Waals surface area (Å²) < 4.78 is 0. The average molecular weight is 301 g/mol. The van der Waals surface area contributed by atoms with Crippen LogP contribution in [0.5, 0.6) is 0 Å². The van der Waals surface area contributed by atoms with Crippen molar-refractivity contribution < 1.29 is 4.79 Å². The van der Waals surface area contributed by atoms with Crippen molar-refractivity contribution in [1.29, 1.82) is 0 Å². The Bertz CT molecular complexity index is 484. The first kappa shape index (κ1) is 15.5. The quantitative estimate of drug-likeness (QED) is 0.871. The largest absolute Gasteiger partial charge is 0.352 e. The lowest BCUT2D eigenvalue weighted by Crippen LogP contribution is -2.47. The van der Waals surface area contributed by atoms with E-state index in [1.807, 2.05) is 0 Å². The fourth-order valence-corrected chi connectivity index (χ4v) is 3.61. The number of hydrogen-bond acceptors (Lipinski definition) is 3. The summed E-state index contributed by atoms with van der Waals surface area (Å²) in [7, 11) is 0. The summed E-state index contributed by atoms with van der Waals surface area (Å²) >= 11 is 0. The first-order valence-electron chi connectivity index (χ1n) is 8.52. The zero-order valence-corrected chi connectivity index (χ0v) is 13.4. The van der Waals surface area contributed by atoms with E-state index in [-0.39, 0.29) is 18.0 Å². The predicted molar refractivity (Wildman–Crippen MR) is 88.5 cm³/mol.